The van der Waals surface area contributed by atoms with Gasteiger partial charge in [0, 0.05) is 24.0 Å². The van der Waals surface area contributed by atoms with Crippen LogP contribution in [0.5, 0.6) is 0 Å². The fourth-order valence-corrected chi connectivity index (χ4v) is 2.23. The van der Waals surface area contributed by atoms with Gasteiger partial charge in [-0.15, -0.1) is 0 Å². The summed E-state index contributed by atoms with van der Waals surface area (Å²) < 4.78 is 24.6. The van der Waals surface area contributed by atoms with Crippen molar-refractivity contribution in [2.45, 2.75) is 6.42 Å². The van der Waals surface area contributed by atoms with Gasteiger partial charge in [-0.3, -0.25) is 4.79 Å². The minimum atomic E-state index is -3.61. The van der Waals surface area contributed by atoms with E-state index in [0.29, 0.717) is 10.6 Å². The van der Waals surface area contributed by atoms with E-state index in [1.54, 1.807) is 24.3 Å². The summed E-state index contributed by atoms with van der Waals surface area (Å²) in [6.07, 6.45) is 1.20. The molecule has 0 aliphatic carbocycles. The van der Waals surface area contributed by atoms with Crippen LogP contribution in [-0.2, 0) is 14.8 Å². The number of hydrogen-bond acceptors (Lipinski definition) is 3. The molecule has 0 saturated carbocycles. The largest absolute Gasteiger partial charge is 0.481 e. The lowest BCUT2D eigenvalue weighted by Crippen LogP contribution is -2.27. The van der Waals surface area contributed by atoms with Crippen LogP contribution in [-0.4, -0.2) is 37.4 Å². The zero-order valence-electron chi connectivity index (χ0n) is 10.3. The molecule has 0 aliphatic rings. The van der Waals surface area contributed by atoms with E-state index in [9.17, 15) is 13.2 Å². The van der Waals surface area contributed by atoms with E-state index < -0.39 is 16.0 Å². The molecule has 0 bridgehead atoms. The zero-order chi connectivity index (χ0) is 14.5. The molecule has 0 aliphatic heterocycles. The van der Waals surface area contributed by atoms with E-state index in [1.165, 1.54) is 13.1 Å². The third-order valence-electron chi connectivity index (χ3n) is 2.38. The van der Waals surface area contributed by atoms with Crippen molar-refractivity contribution in [2.75, 3.05) is 13.6 Å². The van der Waals surface area contributed by atoms with Gasteiger partial charge in [-0.05, 0) is 23.8 Å². The third kappa shape index (κ3) is 5.42. The molecule has 0 radical (unpaired) electrons. The first kappa shape index (κ1) is 15.7. The van der Waals surface area contributed by atoms with Crippen molar-refractivity contribution < 1.29 is 18.3 Å². The molecule has 19 heavy (non-hydrogen) atoms. The van der Waals surface area contributed by atoms with Gasteiger partial charge in [-0.1, -0.05) is 23.7 Å². The Bertz CT molecular complexity index is 566. The number of benzene rings is 1. The van der Waals surface area contributed by atoms with Crippen molar-refractivity contribution in [3.8, 4) is 0 Å². The fraction of sp³-hybridized carbons (Fsp3) is 0.250. The predicted molar refractivity (Wildman–Crippen MR) is 74.3 cm³/mol. The second-order valence-corrected chi connectivity index (χ2v) is 6.23. The summed E-state index contributed by atoms with van der Waals surface area (Å²) in [5.74, 6) is -1.04. The maximum absolute atomic E-state index is 11.8. The van der Waals surface area contributed by atoms with Crippen LogP contribution in [0.15, 0.2) is 29.7 Å². The Balaban J connectivity index is 2.73. The standard InChI is InChI=1S/C12H14ClNO4S/c1-14(8-6-12(15)16)19(17,18)9-7-10-2-4-11(13)5-3-10/h2-5,7,9H,6,8H2,1H3,(H,15,16). The van der Waals surface area contributed by atoms with Crippen molar-refractivity contribution in [3.05, 3.63) is 40.3 Å². The Morgan fingerprint density at radius 2 is 1.95 bits per heavy atom. The van der Waals surface area contributed by atoms with Gasteiger partial charge in [-0.25, -0.2) is 12.7 Å². The highest BCUT2D eigenvalue weighted by molar-refractivity contribution is 7.92. The molecule has 1 N–H and O–H groups in total. The lowest BCUT2D eigenvalue weighted by molar-refractivity contribution is -0.137. The summed E-state index contributed by atoms with van der Waals surface area (Å²) in [5, 5.41) is 10.1. The summed E-state index contributed by atoms with van der Waals surface area (Å²) in [6.45, 7) is -0.0668. The molecule has 0 spiro atoms. The van der Waals surface area contributed by atoms with Gasteiger partial charge in [0.25, 0.3) is 0 Å². The minimum absolute atomic E-state index is 0.0668. The van der Waals surface area contributed by atoms with Crippen LogP contribution in [0.3, 0.4) is 0 Å². The molecule has 0 atom stereocenters. The average molecular weight is 304 g/mol. The summed E-state index contributed by atoms with van der Waals surface area (Å²) in [7, 11) is -2.27. The van der Waals surface area contributed by atoms with E-state index >= 15 is 0 Å². The van der Waals surface area contributed by atoms with Gasteiger partial charge in [-0.2, -0.15) is 0 Å². The molecule has 0 heterocycles. The molecular weight excluding hydrogens is 290 g/mol. The predicted octanol–water partition coefficient (Wildman–Crippen LogP) is 2.05. The molecule has 7 heteroatoms. The highest BCUT2D eigenvalue weighted by atomic mass is 35.5. The van der Waals surface area contributed by atoms with Crippen LogP contribution in [0.25, 0.3) is 6.08 Å². The minimum Gasteiger partial charge on any atom is -0.481 e. The number of carboxylic acids is 1. The Labute approximate surface area is 117 Å². The lowest BCUT2D eigenvalue weighted by atomic mass is 10.2. The SMILES string of the molecule is CN(CCC(=O)O)S(=O)(=O)C=Cc1ccc(Cl)cc1. The maximum atomic E-state index is 11.8. The lowest BCUT2D eigenvalue weighted by Gasteiger charge is -2.12. The van der Waals surface area contributed by atoms with E-state index in [1.807, 2.05) is 0 Å². The molecule has 1 aromatic carbocycles. The van der Waals surface area contributed by atoms with Crippen LogP contribution < -0.4 is 0 Å². The Hall–Kier alpha value is -1.37. The van der Waals surface area contributed by atoms with Crippen LogP contribution in [0.1, 0.15) is 12.0 Å². The fourth-order valence-electron chi connectivity index (χ4n) is 1.22. The van der Waals surface area contributed by atoms with Gasteiger partial charge in [0.1, 0.15) is 0 Å². The van der Waals surface area contributed by atoms with E-state index in [4.69, 9.17) is 16.7 Å². The third-order valence-corrected chi connectivity index (χ3v) is 4.16. The monoisotopic (exact) mass is 303 g/mol. The number of aliphatic carboxylic acids is 1. The smallest absolute Gasteiger partial charge is 0.304 e. The number of nitrogens with zero attached hydrogens (tertiary/aromatic N) is 1. The summed E-state index contributed by atoms with van der Waals surface area (Å²) in [5.41, 5.74) is 0.694. The van der Waals surface area contributed by atoms with Gasteiger partial charge in [0.15, 0.2) is 0 Å². The van der Waals surface area contributed by atoms with Crippen LogP contribution >= 0.6 is 11.6 Å². The van der Waals surface area contributed by atoms with Crippen molar-refractivity contribution in [2.24, 2.45) is 0 Å². The van der Waals surface area contributed by atoms with Gasteiger partial charge >= 0.3 is 5.97 Å². The highest BCUT2D eigenvalue weighted by Crippen LogP contribution is 2.12. The summed E-state index contributed by atoms with van der Waals surface area (Å²) >= 11 is 5.72. The molecule has 0 amide bonds. The van der Waals surface area contributed by atoms with E-state index in [-0.39, 0.29) is 13.0 Å². The van der Waals surface area contributed by atoms with Crippen molar-refractivity contribution in [1.29, 1.82) is 0 Å². The molecular formula is C12H14ClNO4S. The molecule has 0 fully saturated rings. The second kappa shape index (κ2) is 6.70. The van der Waals surface area contributed by atoms with Crippen molar-refractivity contribution in [3.63, 3.8) is 0 Å². The number of carbonyl (C=O) groups is 1. The average Bonchev–Trinajstić information content (AvgIpc) is 2.35. The molecule has 104 valence electrons. The van der Waals surface area contributed by atoms with E-state index in [2.05, 4.69) is 0 Å². The first-order valence-corrected chi connectivity index (χ1v) is 7.31. The number of rotatable bonds is 6. The summed E-state index contributed by atoms with van der Waals surface area (Å²) in [4.78, 5) is 10.4. The van der Waals surface area contributed by atoms with Crippen LogP contribution in [0, 0.1) is 0 Å². The Morgan fingerprint density at radius 3 is 2.47 bits per heavy atom. The van der Waals surface area contributed by atoms with Gasteiger partial charge in [0.05, 0.1) is 6.42 Å². The van der Waals surface area contributed by atoms with Crippen LogP contribution in [0.4, 0.5) is 0 Å². The van der Waals surface area contributed by atoms with Crippen molar-refractivity contribution in [1.82, 2.24) is 4.31 Å². The molecule has 0 saturated heterocycles. The number of sulfonamides is 1. The van der Waals surface area contributed by atoms with E-state index in [0.717, 1.165) is 9.71 Å². The first-order valence-electron chi connectivity index (χ1n) is 5.43. The zero-order valence-corrected chi connectivity index (χ0v) is 11.9. The normalized spacial score (nSPS) is 12.2. The highest BCUT2D eigenvalue weighted by Gasteiger charge is 2.14. The Kier molecular flexibility index (Phi) is 5.53. The molecule has 0 aromatic heterocycles. The Morgan fingerprint density at radius 1 is 1.37 bits per heavy atom. The first-order chi connectivity index (χ1) is 8.81. The molecule has 5 nitrogen and oxygen atoms in total. The molecule has 1 rings (SSSR count). The quantitative estimate of drug-likeness (QED) is 0.872. The number of carboxylic acid groups (broad SMARTS) is 1. The van der Waals surface area contributed by atoms with Gasteiger partial charge in [0.2, 0.25) is 10.0 Å². The molecule has 1 aromatic rings. The topological polar surface area (TPSA) is 74.7 Å². The number of halogens is 1. The number of hydrogen-bond donors (Lipinski definition) is 1. The van der Waals surface area contributed by atoms with Crippen LogP contribution in [0.2, 0.25) is 5.02 Å². The summed E-state index contributed by atoms with van der Waals surface area (Å²) in [6, 6.07) is 6.68. The van der Waals surface area contributed by atoms with Crippen molar-refractivity contribution >= 4 is 33.7 Å². The molecule has 0 unspecified atom stereocenters. The van der Waals surface area contributed by atoms with Gasteiger partial charge < -0.3 is 5.11 Å². The second-order valence-electron chi connectivity index (χ2n) is 3.86. The maximum Gasteiger partial charge on any atom is 0.304 e.